The molecule has 1 heterocycles. The van der Waals surface area contributed by atoms with Gasteiger partial charge >= 0.3 is 0 Å². The quantitative estimate of drug-likeness (QED) is 0.667. The third-order valence-corrected chi connectivity index (χ3v) is 4.97. The molecule has 1 aromatic carbocycles. The summed E-state index contributed by atoms with van der Waals surface area (Å²) in [6.07, 6.45) is 1.28. The summed E-state index contributed by atoms with van der Waals surface area (Å²) in [5.74, 6) is 0.222. The van der Waals surface area contributed by atoms with Crippen molar-refractivity contribution in [3.8, 4) is 6.07 Å². The first kappa shape index (κ1) is 14.3. The summed E-state index contributed by atoms with van der Waals surface area (Å²) >= 11 is 0. The molecule has 1 saturated heterocycles. The Labute approximate surface area is 116 Å². The number of sulfone groups is 1. The molecule has 0 amide bonds. The first-order valence-corrected chi connectivity index (χ1v) is 7.89. The van der Waals surface area contributed by atoms with Crippen molar-refractivity contribution >= 4 is 21.2 Å². The highest BCUT2D eigenvalue weighted by Gasteiger charge is 2.25. The van der Waals surface area contributed by atoms with Crippen molar-refractivity contribution in [2.45, 2.75) is 18.9 Å². The highest BCUT2D eigenvalue weighted by molar-refractivity contribution is 7.91. The molecule has 7 nitrogen and oxygen atoms in total. The van der Waals surface area contributed by atoms with Crippen molar-refractivity contribution in [2.75, 3.05) is 16.8 Å². The van der Waals surface area contributed by atoms with E-state index in [1.54, 1.807) is 12.1 Å². The largest absolute Gasteiger partial charge is 0.381 e. The number of nitro benzene ring substituents is 1. The molecule has 0 aliphatic carbocycles. The fourth-order valence-corrected chi connectivity index (χ4v) is 3.88. The number of anilines is 1. The summed E-state index contributed by atoms with van der Waals surface area (Å²) in [4.78, 5) is 10.2. The van der Waals surface area contributed by atoms with Crippen LogP contribution in [0.1, 0.15) is 18.4 Å². The Balaban J connectivity index is 2.20. The van der Waals surface area contributed by atoms with Gasteiger partial charge in [0.25, 0.3) is 5.69 Å². The standard InChI is InChI=1S/C12H13N3O4S/c13-7-9-3-4-10(6-12(9)15(16)17)14-11-2-1-5-20(18,19)8-11/h3-4,6,11,14H,1-2,5,8H2. The number of hydrogen-bond acceptors (Lipinski definition) is 6. The maximum Gasteiger partial charge on any atom is 0.289 e. The second kappa shape index (κ2) is 5.46. The van der Waals surface area contributed by atoms with E-state index >= 15 is 0 Å². The number of rotatable bonds is 3. The van der Waals surface area contributed by atoms with Crippen molar-refractivity contribution in [3.05, 3.63) is 33.9 Å². The van der Waals surface area contributed by atoms with Gasteiger partial charge in [-0.3, -0.25) is 10.1 Å². The molecule has 1 aliphatic rings. The Hall–Kier alpha value is -2.14. The highest BCUT2D eigenvalue weighted by Crippen LogP contribution is 2.24. The fraction of sp³-hybridized carbons (Fsp3) is 0.417. The molecule has 1 N–H and O–H groups in total. The molecule has 20 heavy (non-hydrogen) atoms. The first-order chi connectivity index (χ1) is 9.41. The monoisotopic (exact) mass is 295 g/mol. The summed E-state index contributed by atoms with van der Waals surface area (Å²) in [6, 6.07) is 5.68. The summed E-state index contributed by atoms with van der Waals surface area (Å²) in [5.41, 5.74) is 0.158. The maximum atomic E-state index is 11.5. The van der Waals surface area contributed by atoms with Crippen LogP contribution in [-0.4, -0.2) is 30.9 Å². The number of benzene rings is 1. The van der Waals surface area contributed by atoms with Crippen LogP contribution in [0.3, 0.4) is 0 Å². The van der Waals surface area contributed by atoms with E-state index in [2.05, 4.69) is 5.32 Å². The number of nitrogens with one attached hydrogen (secondary N) is 1. The van der Waals surface area contributed by atoms with Crippen molar-refractivity contribution < 1.29 is 13.3 Å². The first-order valence-electron chi connectivity index (χ1n) is 6.07. The van der Waals surface area contributed by atoms with Gasteiger partial charge in [0.15, 0.2) is 9.84 Å². The van der Waals surface area contributed by atoms with Gasteiger partial charge in [0.1, 0.15) is 11.6 Å². The molecule has 0 aromatic heterocycles. The highest BCUT2D eigenvalue weighted by atomic mass is 32.2. The smallest absolute Gasteiger partial charge is 0.289 e. The van der Waals surface area contributed by atoms with Crippen molar-refractivity contribution in [1.82, 2.24) is 0 Å². The van der Waals surface area contributed by atoms with E-state index in [4.69, 9.17) is 5.26 Å². The van der Waals surface area contributed by atoms with Gasteiger partial charge < -0.3 is 5.32 Å². The molecule has 8 heteroatoms. The van der Waals surface area contributed by atoms with Crippen molar-refractivity contribution in [2.24, 2.45) is 0 Å². The van der Waals surface area contributed by atoms with Crippen LogP contribution in [-0.2, 0) is 9.84 Å². The molecule has 106 valence electrons. The molecule has 0 radical (unpaired) electrons. The summed E-state index contributed by atoms with van der Waals surface area (Å²) in [7, 11) is -3.04. The minimum absolute atomic E-state index is 0.0168. The second-order valence-electron chi connectivity index (χ2n) is 4.70. The lowest BCUT2D eigenvalue weighted by Gasteiger charge is -2.23. The Kier molecular flexibility index (Phi) is 3.90. The predicted octanol–water partition coefficient (Wildman–Crippen LogP) is 1.46. The van der Waals surface area contributed by atoms with Crippen LogP contribution in [0.4, 0.5) is 11.4 Å². The van der Waals surface area contributed by atoms with Gasteiger partial charge in [0.2, 0.25) is 0 Å². The van der Waals surface area contributed by atoms with E-state index in [0.717, 1.165) is 0 Å². The topological polar surface area (TPSA) is 113 Å². The van der Waals surface area contributed by atoms with Crippen LogP contribution in [0.5, 0.6) is 0 Å². The third-order valence-electron chi connectivity index (χ3n) is 3.15. The van der Waals surface area contributed by atoms with Gasteiger partial charge in [0, 0.05) is 17.8 Å². The molecular formula is C12H13N3O4S. The van der Waals surface area contributed by atoms with Gasteiger partial charge in [-0.1, -0.05) is 0 Å². The molecule has 2 rings (SSSR count). The number of hydrogen-bond donors (Lipinski definition) is 1. The SMILES string of the molecule is N#Cc1ccc(NC2CCCS(=O)(=O)C2)cc1[N+](=O)[O-]. The zero-order chi connectivity index (χ0) is 14.8. The van der Waals surface area contributed by atoms with E-state index in [-0.39, 0.29) is 28.8 Å². The van der Waals surface area contributed by atoms with Crippen LogP contribution in [0.2, 0.25) is 0 Å². The molecule has 1 aromatic rings. The molecule has 0 saturated carbocycles. The molecule has 1 aliphatic heterocycles. The predicted molar refractivity (Wildman–Crippen MR) is 73.1 cm³/mol. The van der Waals surface area contributed by atoms with Gasteiger partial charge in [-0.05, 0) is 25.0 Å². The zero-order valence-electron chi connectivity index (χ0n) is 10.6. The average Bonchev–Trinajstić information content (AvgIpc) is 2.37. The van der Waals surface area contributed by atoms with Crippen LogP contribution in [0.15, 0.2) is 18.2 Å². The van der Waals surface area contributed by atoms with Crippen LogP contribution >= 0.6 is 0 Å². The number of nitriles is 1. The van der Waals surface area contributed by atoms with Crippen molar-refractivity contribution in [3.63, 3.8) is 0 Å². The van der Waals surface area contributed by atoms with Gasteiger partial charge in [-0.15, -0.1) is 0 Å². The Morgan fingerprint density at radius 2 is 2.20 bits per heavy atom. The summed E-state index contributed by atoms with van der Waals surface area (Å²) in [5, 5.41) is 22.6. The van der Waals surface area contributed by atoms with Gasteiger partial charge in [-0.2, -0.15) is 5.26 Å². The molecule has 1 unspecified atom stereocenters. The maximum absolute atomic E-state index is 11.5. The lowest BCUT2D eigenvalue weighted by atomic mass is 10.1. The van der Waals surface area contributed by atoms with Crippen molar-refractivity contribution in [1.29, 1.82) is 5.26 Å². The number of nitro groups is 1. The van der Waals surface area contributed by atoms with Gasteiger partial charge in [-0.25, -0.2) is 8.42 Å². The molecule has 0 bridgehead atoms. The van der Waals surface area contributed by atoms with E-state index in [0.29, 0.717) is 18.5 Å². The minimum Gasteiger partial charge on any atom is -0.381 e. The molecule has 1 fully saturated rings. The Morgan fingerprint density at radius 1 is 1.45 bits per heavy atom. The van der Waals surface area contributed by atoms with Crippen LogP contribution < -0.4 is 5.32 Å². The van der Waals surface area contributed by atoms with E-state index < -0.39 is 14.8 Å². The molecule has 1 atom stereocenters. The number of nitrogens with zero attached hydrogens (tertiary/aromatic N) is 2. The van der Waals surface area contributed by atoms with E-state index in [1.807, 2.05) is 0 Å². The lowest BCUT2D eigenvalue weighted by Crippen LogP contribution is -2.34. The zero-order valence-corrected chi connectivity index (χ0v) is 11.4. The van der Waals surface area contributed by atoms with E-state index in [1.165, 1.54) is 12.1 Å². The average molecular weight is 295 g/mol. The van der Waals surface area contributed by atoms with E-state index in [9.17, 15) is 18.5 Å². The second-order valence-corrected chi connectivity index (χ2v) is 6.93. The normalized spacial score (nSPS) is 20.9. The summed E-state index contributed by atoms with van der Waals surface area (Å²) < 4.78 is 23.1. The fourth-order valence-electron chi connectivity index (χ4n) is 2.24. The Morgan fingerprint density at radius 3 is 2.80 bits per heavy atom. The Bertz CT molecular complexity index is 678. The third kappa shape index (κ3) is 3.24. The lowest BCUT2D eigenvalue weighted by molar-refractivity contribution is -0.385. The van der Waals surface area contributed by atoms with Crippen LogP contribution in [0.25, 0.3) is 0 Å². The molecule has 0 spiro atoms. The van der Waals surface area contributed by atoms with Gasteiger partial charge in [0.05, 0.1) is 16.4 Å². The minimum atomic E-state index is -3.04. The molecular weight excluding hydrogens is 282 g/mol. The summed E-state index contributed by atoms with van der Waals surface area (Å²) in [6.45, 7) is 0. The van der Waals surface area contributed by atoms with Crippen LogP contribution in [0, 0.1) is 21.4 Å².